The third kappa shape index (κ3) is 6.78. The molecule has 0 radical (unpaired) electrons. The molecule has 0 fully saturated rings. The van der Waals surface area contributed by atoms with Crippen LogP contribution in [0.25, 0.3) is 0 Å². The van der Waals surface area contributed by atoms with Crippen LogP contribution in [0.15, 0.2) is 88.8 Å². The van der Waals surface area contributed by atoms with E-state index in [4.69, 9.17) is 20.9 Å². The van der Waals surface area contributed by atoms with Gasteiger partial charge in [-0.3, -0.25) is 0 Å². The van der Waals surface area contributed by atoms with Crippen molar-refractivity contribution in [1.82, 2.24) is 4.90 Å². The highest BCUT2D eigenvalue weighted by molar-refractivity contribution is 5.94. The minimum atomic E-state index is 0.0539. The van der Waals surface area contributed by atoms with E-state index in [1.807, 2.05) is 66.7 Å². The first-order valence-corrected chi connectivity index (χ1v) is 9.84. The molecule has 0 aromatic heterocycles. The number of guanidine groups is 2. The molecule has 0 heterocycles. The Morgan fingerprint density at radius 3 is 1.87 bits per heavy atom. The number of ether oxygens (including phenoxy) is 2. The summed E-state index contributed by atoms with van der Waals surface area (Å²) in [4.78, 5) is 10.0. The molecular formula is C24H27N5O2. The van der Waals surface area contributed by atoms with Crippen LogP contribution < -0.4 is 20.9 Å². The van der Waals surface area contributed by atoms with E-state index < -0.39 is 0 Å². The molecule has 0 atom stereocenters. The summed E-state index contributed by atoms with van der Waals surface area (Å²) < 4.78 is 12.1. The molecule has 0 aliphatic carbocycles. The number of nitrogens with two attached hydrogens (primary N) is 2. The van der Waals surface area contributed by atoms with Crippen molar-refractivity contribution in [2.45, 2.75) is 13.2 Å². The largest absolute Gasteiger partial charge is 0.485 e. The van der Waals surface area contributed by atoms with E-state index in [2.05, 4.69) is 9.98 Å². The summed E-state index contributed by atoms with van der Waals surface area (Å²) in [7, 11) is 3.56. The lowest BCUT2D eigenvalue weighted by Crippen LogP contribution is -2.32. The molecule has 7 heteroatoms. The number of hydrogen-bond acceptors (Lipinski definition) is 3. The van der Waals surface area contributed by atoms with Crippen molar-refractivity contribution >= 4 is 17.6 Å². The van der Waals surface area contributed by atoms with Crippen molar-refractivity contribution < 1.29 is 9.47 Å². The van der Waals surface area contributed by atoms with Crippen LogP contribution in [0.3, 0.4) is 0 Å². The van der Waals surface area contributed by atoms with Gasteiger partial charge in [0.2, 0.25) is 5.96 Å². The third-order valence-corrected chi connectivity index (χ3v) is 4.33. The summed E-state index contributed by atoms with van der Waals surface area (Å²) in [5, 5.41) is 0. The minimum Gasteiger partial charge on any atom is -0.485 e. The van der Waals surface area contributed by atoms with E-state index in [1.165, 1.54) is 0 Å². The molecule has 0 aliphatic rings. The van der Waals surface area contributed by atoms with E-state index in [1.54, 1.807) is 31.1 Å². The lowest BCUT2D eigenvalue weighted by atomic mass is 10.2. The Morgan fingerprint density at radius 2 is 1.32 bits per heavy atom. The Kier molecular flexibility index (Phi) is 7.48. The number of hydrogen-bond donors (Lipinski definition) is 2. The smallest absolute Gasteiger partial charge is 0.223 e. The molecule has 160 valence electrons. The molecule has 0 amide bonds. The molecule has 3 aromatic carbocycles. The zero-order chi connectivity index (χ0) is 22.1. The second kappa shape index (κ2) is 10.7. The summed E-state index contributed by atoms with van der Waals surface area (Å²) in [6.45, 7) is 0.827. The van der Waals surface area contributed by atoms with E-state index in [9.17, 15) is 0 Å². The maximum absolute atomic E-state index is 6.05. The lowest BCUT2D eigenvalue weighted by Gasteiger charge is -2.14. The van der Waals surface area contributed by atoms with Gasteiger partial charge in [-0.15, -0.1) is 0 Å². The first-order chi connectivity index (χ1) is 15.0. The second-order valence-corrected chi connectivity index (χ2v) is 7.01. The lowest BCUT2D eigenvalue weighted by molar-refractivity contribution is 0.256. The summed E-state index contributed by atoms with van der Waals surface area (Å²) in [6.07, 6.45) is 0. The van der Waals surface area contributed by atoms with Crippen LogP contribution in [0, 0.1) is 0 Å². The van der Waals surface area contributed by atoms with Gasteiger partial charge in [0.05, 0.1) is 5.69 Å². The average molecular weight is 418 g/mol. The monoisotopic (exact) mass is 417 g/mol. The normalized spacial score (nSPS) is 11.8. The Labute approximate surface area is 182 Å². The molecule has 0 unspecified atom stereocenters. The zero-order valence-electron chi connectivity index (χ0n) is 17.7. The fourth-order valence-corrected chi connectivity index (χ4v) is 2.64. The van der Waals surface area contributed by atoms with Gasteiger partial charge >= 0.3 is 0 Å². The molecule has 4 N–H and O–H groups in total. The Morgan fingerprint density at radius 1 is 0.774 bits per heavy atom. The predicted molar refractivity (Wildman–Crippen MR) is 125 cm³/mol. The van der Waals surface area contributed by atoms with Crippen molar-refractivity contribution in [3.63, 3.8) is 0 Å². The van der Waals surface area contributed by atoms with Gasteiger partial charge in [-0.1, -0.05) is 60.7 Å². The molecule has 31 heavy (non-hydrogen) atoms. The van der Waals surface area contributed by atoms with Gasteiger partial charge in [0.1, 0.15) is 13.2 Å². The number of nitrogens with zero attached hydrogens (tertiary/aromatic N) is 3. The summed E-state index contributed by atoms with van der Waals surface area (Å²) in [5.74, 6) is 1.51. The Hall–Kier alpha value is -4.00. The fraction of sp³-hybridized carbons (Fsp3) is 0.167. The summed E-state index contributed by atoms with van der Waals surface area (Å²) in [6, 6.07) is 25.3. The topological polar surface area (TPSA) is 98.5 Å². The SMILES string of the molecule is CN(C)C(N)=NC(N)=Nc1ccc(OCc2ccccc2)c(OCc2ccccc2)c1. The highest BCUT2D eigenvalue weighted by Gasteiger charge is 2.09. The van der Waals surface area contributed by atoms with E-state index >= 15 is 0 Å². The van der Waals surface area contributed by atoms with Gasteiger partial charge in [0, 0.05) is 20.2 Å². The first kappa shape index (κ1) is 21.7. The van der Waals surface area contributed by atoms with Crippen molar-refractivity contribution in [1.29, 1.82) is 0 Å². The third-order valence-electron chi connectivity index (χ3n) is 4.33. The average Bonchev–Trinajstić information content (AvgIpc) is 2.78. The van der Waals surface area contributed by atoms with Gasteiger partial charge in [-0.05, 0) is 23.3 Å². The summed E-state index contributed by atoms with van der Waals surface area (Å²) in [5.41, 5.74) is 14.4. The molecule has 0 saturated carbocycles. The number of rotatable bonds is 7. The van der Waals surface area contributed by atoms with Crippen LogP contribution in [-0.4, -0.2) is 30.9 Å². The maximum Gasteiger partial charge on any atom is 0.223 e. The van der Waals surface area contributed by atoms with Gasteiger partial charge < -0.3 is 25.8 Å². The van der Waals surface area contributed by atoms with Crippen molar-refractivity contribution in [3.8, 4) is 11.5 Å². The van der Waals surface area contributed by atoms with Crippen LogP contribution in [-0.2, 0) is 13.2 Å². The highest BCUT2D eigenvalue weighted by atomic mass is 16.5. The summed E-state index contributed by atoms with van der Waals surface area (Å²) >= 11 is 0. The van der Waals surface area contributed by atoms with Gasteiger partial charge in [-0.2, -0.15) is 4.99 Å². The van der Waals surface area contributed by atoms with Crippen LogP contribution in [0.2, 0.25) is 0 Å². The van der Waals surface area contributed by atoms with E-state index in [-0.39, 0.29) is 11.9 Å². The fourth-order valence-electron chi connectivity index (χ4n) is 2.64. The highest BCUT2D eigenvalue weighted by Crippen LogP contribution is 2.33. The molecule has 7 nitrogen and oxygen atoms in total. The van der Waals surface area contributed by atoms with Crippen LogP contribution in [0.4, 0.5) is 5.69 Å². The van der Waals surface area contributed by atoms with Gasteiger partial charge in [-0.25, -0.2) is 4.99 Å². The van der Waals surface area contributed by atoms with Crippen LogP contribution in [0.1, 0.15) is 11.1 Å². The van der Waals surface area contributed by atoms with Crippen molar-refractivity contribution in [2.24, 2.45) is 21.5 Å². The molecule has 0 aliphatic heterocycles. The minimum absolute atomic E-state index is 0.0539. The van der Waals surface area contributed by atoms with Crippen molar-refractivity contribution in [2.75, 3.05) is 14.1 Å². The Bertz CT molecular complexity index is 1030. The molecule has 3 rings (SSSR count). The van der Waals surface area contributed by atoms with Crippen LogP contribution >= 0.6 is 0 Å². The molecule has 0 saturated heterocycles. The number of benzene rings is 3. The maximum atomic E-state index is 6.05. The first-order valence-electron chi connectivity index (χ1n) is 9.84. The molecular weight excluding hydrogens is 390 g/mol. The molecule has 3 aromatic rings. The van der Waals surface area contributed by atoms with E-state index in [0.717, 1.165) is 11.1 Å². The number of aliphatic imine (C=N–C) groups is 2. The van der Waals surface area contributed by atoms with Crippen molar-refractivity contribution in [3.05, 3.63) is 90.0 Å². The van der Waals surface area contributed by atoms with E-state index in [0.29, 0.717) is 30.4 Å². The quantitative estimate of drug-likeness (QED) is 0.451. The predicted octanol–water partition coefficient (Wildman–Crippen LogP) is 3.67. The zero-order valence-corrected chi connectivity index (χ0v) is 17.7. The molecule has 0 spiro atoms. The molecule has 0 bridgehead atoms. The second-order valence-electron chi connectivity index (χ2n) is 7.01. The van der Waals surface area contributed by atoms with Gasteiger partial charge in [0.15, 0.2) is 17.5 Å². The van der Waals surface area contributed by atoms with Gasteiger partial charge in [0.25, 0.3) is 0 Å². The standard InChI is InChI=1S/C24H27N5O2/c1-29(2)24(26)28-23(25)27-20-13-14-21(30-16-18-9-5-3-6-10-18)22(15-20)31-17-19-11-7-4-8-12-19/h3-15H,16-17H2,1-2H3,(H4,25,26,27,28). The Balaban J connectivity index is 1.82. The van der Waals surface area contributed by atoms with Crippen LogP contribution in [0.5, 0.6) is 11.5 Å².